The van der Waals surface area contributed by atoms with E-state index in [0.29, 0.717) is 5.82 Å². The molecule has 1 aromatic rings. The lowest BCUT2D eigenvalue weighted by molar-refractivity contribution is -0.125. The maximum Gasteiger partial charge on any atom is 0.222 e. The van der Waals surface area contributed by atoms with Gasteiger partial charge in [0.15, 0.2) is 0 Å². The van der Waals surface area contributed by atoms with Crippen LogP contribution in [0.25, 0.3) is 0 Å². The molecule has 0 unspecified atom stereocenters. The van der Waals surface area contributed by atoms with Gasteiger partial charge in [-0.2, -0.15) is 0 Å². The molecule has 0 aliphatic carbocycles. The second-order valence-corrected chi connectivity index (χ2v) is 4.90. The van der Waals surface area contributed by atoms with E-state index in [2.05, 4.69) is 32.5 Å². The van der Waals surface area contributed by atoms with Gasteiger partial charge in [-0.15, -0.1) is 0 Å². The van der Waals surface area contributed by atoms with Gasteiger partial charge in [0.05, 0.1) is 0 Å². The molecule has 1 aliphatic heterocycles. The lowest BCUT2D eigenvalue weighted by Crippen LogP contribution is -2.40. The zero-order valence-electron chi connectivity index (χ0n) is 12.0. The number of rotatable bonds is 4. The first-order valence-corrected chi connectivity index (χ1v) is 6.98. The number of hydrogen-bond acceptors (Lipinski definition) is 6. The molecule has 4 N–H and O–H groups in total. The van der Waals surface area contributed by atoms with E-state index in [1.54, 1.807) is 7.05 Å². The third kappa shape index (κ3) is 2.82. The van der Waals surface area contributed by atoms with Gasteiger partial charge in [-0.1, -0.05) is 6.92 Å². The van der Waals surface area contributed by atoms with Crippen LogP contribution in [0.15, 0.2) is 6.33 Å². The Labute approximate surface area is 118 Å². The summed E-state index contributed by atoms with van der Waals surface area (Å²) in [6, 6.07) is 0. The van der Waals surface area contributed by atoms with Crippen molar-refractivity contribution in [2.24, 2.45) is 11.8 Å². The topological polar surface area (TPSA) is 96.2 Å². The quantitative estimate of drug-likeness (QED) is 0.541. The van der Waals surface area contributed by atoms with E-state index in [0.717, 1.165) is 43.7 Å². The highest BCUT2D eigenvalue weighted by Gasteiger charge is 2.26. The summed E-state index contributed by atoms with van der Waals surface area (Å²) < 4.78 is 0. The summed E-state index contributed by atoms with van der Waals surface area (Å²) in [4.78, 5) is 22.4. The number of carbonyl (C=O) groups excluding carboxylic acids is 1. The number of anilines is 2. The standard InChI is InChI=1S/C13H22N6O/c1-3-10-11(18-14)16-8-17-12(10)19-6-4-9(5-7-19)13(20)15-2/h8-9H,3-7,14H2,1-2H3,(H,15,20)(H,16,17,18). The molecule has 1 saturated heterocycles. The molecule has 2 heterocycles. The number of nitrogens with one attached hydrogen (secondary N) is 2. The van der Waals surface area contributed by atoms with Crippen molar-refractivity contribution in [1.29, 1.82) is 0 Å². The second-order valence-electron chi connectivity index (χ2n) is 4.90. The largest absolute Gasteiger partial charge is 0.359 e. The highest BCUT2D eigenvalue weighted by atomic mass is 16.1. The van der Waals surface area contributed by atoms with Crippen molar-refractivity contribution in [2.45, 2.75) is 26.2 Å². The summed E-state index contributed by atoms with van der Waals surface area (Å²) in [7, 11) is 1.69. The Balaban J connectivity index is 2.12. The molecule has 20 heavy (non-hydrogen) atoms. The molecule has 0 bridgehead atoms. The van der Waals surface area contributed by atoms with Gasteiger partial charge in [-0.3, -0.25) is 4.79 Å². The molecular weight excluding hydrogens is 256 g/mol. The fourth-order valence-electron chi connectivity index (χ4n) is 2.68. The number of carbonyl (C=O) groups is 1. The fraction of sp³-hybridized carbons (Fsp3) is 0.615. The van der Waals surface area contributed by atoms with E-state index in [1.807, 2.05) is 0 Å². The van der Waals surface area contributed by atoms with Gasteiger partial charge in [0.2, 0.25) is 5.91 Å². The van der Waals surface area contributed by atoms with Crippen molar-refractivity contribution in [2.75, 3.05) is 30.5 Å². The van der Waals surface area contributed by atoms with Gasteiger partial charge in [-0.05, 0) is 19.3 Å². The fourth-order valence-corrected chi connectivity index (χ4v) is 2.68. The van der Waals surface area contributed by atoms with Gasteiger partial charge in [0.25, 0.3) is 0 Å². The first-order chi connectivity index (χ1) is 9.71. The SMILES string of the molecule is CCc1c(NN)ncnc1N1CCC(C(=O)NC)CC1. The molecule has 1 fully saturated rings. The van der Waals surface area contributed by atoms with Crippen molar-refractivity contribution in [1.82, 2.24) is 15.3 Å². The number of hydrazine groups is 1. The van der Waals surface area contributed by atoms with Gasteiger partial charge < -0.3 is 15.6 Å². The van der Waals surface area contributed by atoms with E-state index in [1.165, 1.54) is 6.33 Å². The highest BCUT2D eigenvalue weighted by molar-refractivity contribution is 5.78. The van der Waals surface area contributed by atoms with Crippen LogP contribution in [0.2, 0.25) is 0 Å². The Morgan fingerprint density at radius 3 is 2.70 bits per heavy atom. The molecule has 1 aliphatic rings. The minimum Gasteiger partial charge on any atom is -0.359 e. The molecule has 1 amide bonds. The lowest BCUT2D eigenvalue weighted by Gasteiger charge is -2.33. The van der Waals surface area contributed by atoms with E-state index < -0.39 is 0 Å². The third-order valence-electron chi connectivity index (χ3n) is 3.82. The van der Waals surface area contributed by atoms with Crippen LogP contribution in [-0.2, 0) is 11.2 Å². The van der Waals surface area contributed by atoms with Crippen molar-refractivity contribution in [3.8, 4) is 0 Å². The smallest absolute Gasteiger partial charge is 0.222 e. The van der Waals surface area contributed by atoms with Crippen LogP contribution in [-0.4, -0.2) is 36.0 Å². The Bertz CT molecular complexity index is 470. The van der Waals surface area contributed by atoms with Crippen LogP contribution in [0.3, 0.4) is 0 Å². The van der Waals surface area contributed by atoms with Crippen molar-refractivity contribution in [3.05, 3.63) is 11.9 Å². The molecule has 0 spiro atoms. The number of nitrogens with zero attached hydrogens (tertiary/aromatic N) is 3. The van der Waals surface area contributed by atoms with Crippen molar-refractivity contribution in [3.63, 3.8) is 0 Å². The molecule has 0 radical (unpaired) electrons. The van der Waals surface area contributed by atoms with E-state index in [-0.39, 0.29) is 11.8 Å². The molecule has 7 heteroatoms. The predicted molar refractivity (Wildman–Crippen MR) is 78.2 cm³/mol. The Hall–Kier alpha value is -1.89. The molecule has 0 saturated carbocycles. The van der Waals surface area contributed by atoms with Gasteiger partial charge >= 0.3 is 0 Å². The predicted octanol–water partition coefficient (Wildman–Crippen LogP) is 0.287. The summed E-state index contributed by atoms with van der Waals surface area (Å²) in [5.41, 5.74) is 3.64. The monoisotopic (exact) mass is 278 g/mol. The molecule has 0 aromatic carbocycles. The third-order valence-corrected chi connectivity index (χ3v) is 3.82. The van der Waals surface area contributed by atoms with Crippen molar-refractivity contribution < 1.29 is 4.79 Å². The average molecular weight is 278 g/mol. The van der Waals surface area contributed by atoms with Crippen LogP contribution in [0, 0.1) is 5.92 Å². The van der Waals surface area contributed by atoms with Crippen LogP contribution >= 0.6 is 0 Å². The summed E-state index contributed by atoms with van der Waals surface area (Å²) in [6.45, 7) is 3.71. The van der Waals surface area contributed by atoms with E-state index in [4.69, 9.17) is 5.84 Å². The minimum atomic E-state index is 0.107. The molecule has 0 atom stereocenters. The second kappa shape index (κ2) is 6.51. The zero-order valence-corrected chi connectivity index (χ0v) is 12.0. The minimum absolute atomic E-state index is 0.107. The Morgan fingerprint density at radius 1 is 1.45 bits per heavy atom. The number of hydrogen-bond donors (Lipinski definition) is 3. The van der Waals surface area contributed by atoms with Gasteiger partial charge in [0.1, 0.15) is 18.0 Å². The van der Waals surface area contributed by atoms with Gasteiger partial charge in [-0.25, -0.2) is 15.8 Å². The van der Waals surface area contributed by atoms with E-state index >= 15 is 0 Å². The number of nitrogens with two attached hydrogens (primary N) is 1. The summed E-state index contributed by atoms with van der Waals surface area (Å²) in [6.07, 6.45) is 4.02. The highest BCUT2D eigenvalue weighted by Crippen LogP contribution is 2.27. The van der Waals surface area contributed by atoms with E-state index in [9.17, 15) is 4.79 Å². The number of nitrogen functional groups attached to an aromatic ring is 1. The zero-order chi connectivity index (χ0) is 14.5. The maximum atomic E-state index is 11.7. The van der Waals surface area contributed by atoms with Gasteiger partial charge in [0, 0.05) is 31.6 Å². The van der Waals surface area contributed by atoms with Crippen LogP contribution in [0.4, 0.5) is 11.6 Å². The Morgan fingerprint density at radius 2 is 2.15 bits per heavy atom. The lowest BCUT2D eigenvalue weighted by atomic mass is 9.95. The van der Waals surface area contributed by atoms with Crippen LogP contribution < -0.4 is 21.5 Å². The number of amides is 1. The van der Waals surface area contributed by atoms with Crippen LogP contribution in [0.5, 0.6) is 0 Å². The summed E-state index contributed by atoms with van der Waals surface area (Å²) in [5, 5.41) is 2.72. The molecule has 7 nitrogen and oxygen atoms in total. The summed E-state index contributed by atoms with van der Waals surface area (Å²) in [5.74, 6) is 7.33. The van der Waals surface area contributed by atoms with Crippen LogP contribution in [0.1, 0.15) is 25.3 Å². The first kappa shape index (κ1) is 14.5. The molecule has 2 rings (SSSR count). The molecule has 1 aromatic heterocycles. The number of aromatic nitrogens is 2. The maximum absolute atomic E-state index is 11.7. The number of piperidine rings is 1. The average Bonchev–Trinajstić information content (AvgIpc) is 2.53. The summed E-state index contributed by atoms with van der Waals surface area (Å²) >= 11 is 0. The normalized spacial score (nSPS) is 16.1. The molecular formula is C13H22N6O. The first-order valence-electron chi connectivity index (χ1n) is 6.98. The van der Waals surface area contributed by atoms with Crippen molar-refractivity contribution >= 4 is 17.5 Å². The molecule has 110 valence electrons. The Kier molecular flexibility index (Phi) is 4.73.